The fraction of sp³-hybridized carbons (Fsp3) is 0.188. The first kappa shape index (κ1) is 28.3. The Kier molecular flexibility index (Phi) is 7.64. The zero-order valence-corrected chi connectivity index (χ0v) is 23.3. The molecule has 5 rings (SSSR count). The highest BCUT2D eigenvalue weighted by Gasteiger charge is 2.28. The number of amides is 2. The van der Waals surface area contributed by atoms with Gasteiger partial charge < -0.3 is 19.6 Å². The van der Waals surface area contributed by atoms with Crippen LogP contribution in [0.15, 0.2) is 89.3 Å². The van der Waals surface area contributed by atoms with E-state index in [0.29, 0.717) is 39.0 Å². The molecule has 10 nitrogen and oxygen atoms in total. The fourth-order valence-electron chi connectivity index (χ4n) is 4.76. The number of nitro groups is 1. The first-order valence-corrected chi connectivity index (χ1v) is 13.3. The predicted octanol–water partition coefficient (Wildman–Crippen LogP) is 7.35. The first-order chi connectivity index (χ1) is 20.1. The minimum Gasteiger partial charge on any atom is -0.451 e. The molecule has 4 aromatic carbocycles. The van der Waals surface area contributed by atoms with Crippen molar-refractivity contribution in [2.75, 3.05) is 16.8 Å². The third-order valence-corrected chi connectivity index (χ3v) is 6.51. The van der Waals surface area contributed by atoms with Crippen LogP contribution in [-0.2, 0) is 11.2 Å². The number of furan rings is 1. The number of para-hydroxylation sites is 1. The number of ether oxygens (including phenoxy) is 1. The zero-order valence-electron chi connectivity index (χ0n) is 23.3. The highest BCUT2D eigenvalue weighted by molar-refractivity contribution is 6.12. The summed E-state index contributed by atoms with van der Waals surface area (Å²) in [6.45, 7) is 5.16. The second kappa shape index (κ2) is 11.3. The van der Waals surface area contributed by atoms with Crippen LogP contribution in [0, 0.1) is 10.1 Å². The van der Waals surface area contributed by atoms with E-state index in [-0.39, 0.29) is 24.5 Å². The van der Waals surface area contributed by atoms with Crippen LogP contribution in [0.1, 0.15) is 36.9 Å². The van der Waals surface area contributed by atoms with Crippen molar-refractivity contribution >= 4 is 56.5 Å². The van der Waals surface area contributed by atoms with Gasteiger partial charge in [0.2, 0.25) is 0 Å². The number of hydrogen-bond donors (Lipinski definition) is 2. The summed E-state index contributed by atoms with van der Waals surface area (Å²) < 4.78 is 11.5. The maximum absolute atomic E-state index is 13.7. The number of carbonyl (C=O) groups excluding carboxylic acids is 2. The van der Waals surface area contributed by atoms with Crippen molar-refractivity contribution in [1.29, 1.82) is 0 Å². The highest BCUT2D eigenvalue weighted by atomic mass is 16.6. The van der Waals surface area contributed by atoms with E-state index in [4.69, 9.17) is 9.15 Å². The number of fused-ring (bicyclic) bond motifs is 2. The molecule has 0 unspecified atom stereocenters. The molecular formula is C32H29N3O7. The number of non-ortho nitro benzene ring substituents is 1. The van der Waals surface area contributed by atoms with Crippen LogP contribution in [0.5, 0.6) is 0 Å². The lowest BCUT2D eigenvalue weighted by Crippen LogP contribution is -2.34. The summed E-state index contributed by atoms with van der Waals surface area (Å²) in [4.78, 5) is 39.2. The summed E-state index contributed by atoms with van der Waals surface area (Å²) in [5.74, 6) is -0.653. The van der Waals surface area contributed by atoms with E-state index < -0.39 is 22.5 Å². The quantitative estimate of drug-likeness (QED) is 0.155. The third-order valence-electron chi connectivity index (χ3n) is 6.51. The molecule has 0 aliphatic rings. The van der Waals surface area contributed by atoms with E-state index >= 15 is 0 Å². The third kappa shape index (κ3) is 5.79. The minimum absolute atomic E-state index is 0.0535. The number of carbonyl (C=O) groups is 2. The fourth-order valence-corrected chi connectivity index (χ4v) is 4.76. The van der Waals surface area contributed by atoms with Crippen LogP contribution < -0.4 is 10.2 Å². The van der Waals surface area contributed by atoms with Gasteiger partial charge in [0.15, 0.2) is 5.76 Å². The van der Waals surface area contributed by atoms with Gasteiger partial charge in [-0.2, -0.15) is 0 Å². The van der Waals surface area contributed by atoms with Crippen molar-refractivity contribution in [1.82, 2.24) is 0 Å². The Balaban J connectivity index is 1.65. The molecular weight excluding hydrogens is 538 g/mol. The standard InChI is InChI=1S/C32H29N3O7/c1-32(2,3)42-31(38)34(21-9-5-4-6-10-21)27-19-26(24(15-16-36)23-11-7-8-12-25(23)27)33-30(37)29-18-20-17-22(35(39)40)13-14-28(20)41-29/h4-14,17-19,36H,15-16H2,1-3H3,(H,33,37). The Bertz CT molecular complexity index is 1810. The van der Waals surface area contributed by atoms with Gasteiger partial charge in [-0.05, 0) is 68.5 Å². The molecule has 1 aromatic heterocycles. The van der Waals surface area contributed by atoms with Gasteiger partial charge in [-0.1, -0.05) is 42.5 Å². The molecule has 0 spiro atoms. The Labute approximate surface area is 241 Å². The largest absolute Gasteiger partial charge is 0.451 e. The van der Waals surface area contributed by atoms with E-state index in [9.17, 15) is 24.8 Å². The summed E-state index contributed by atoms with van der Waals surface area (Å²) >= 11 is 0. The zero-order chi connectivity index (χ0) is 30.0. The Hall–Kier alpha value is -5.22. The number of benzene rings is 4. The Morgan fingerprint density at radius 1 is 0.976 bits per heavy atom. The van der Waals surface area contributed by atoms with Crippen molar-refractivity contribution in [3.8, 4) is 0 Å². The molecule has 0 fully saturated rings. The summed E-state index contributed by atoms with van der Waals surface area (Å²) in [6, 6.07) is 23.6. The van der Waals surface area contributed by atoms with Crippen LogP contribution in [0.3, 0.4) is 0 Å². The molecule has 5 aromatic rings. The summed E-state index contributed by atoms with van der Waals surface area (Å²) in [5, 5.41) is 25.8. The summed E-state index contributed by atoms with van der Waals surface area (Å²) in [5.41, 5.74) is 1.46. The lowest BCUT2D eigenvalue weighted by molar-refractivity contribution is -0.384. The van der Waals surface area contributed by atoms with Crippen molar-refractivity contribution < 1.29 is 28.8 Å². The van der Waals surface area contributed by atoms with Gasteiger partial charge in [0.05, 0.1) is 16.3 Å². The molecule has 42 heavy (non-hydrogen) atoms. The van der Waals surface area contributed by atoms with Gasteiger partial charge in [-0.3, -0.25) is 14.9 Å². The number of aliphatic hydroxyl groups is 1. The monoisotopic (exact) mass is 567 g/mol. The normalized spacial score (nSPS) is 11.4. The van der Waals surface area contributed by atoms with Crippen molar-refractivity contribution in [3.05, 3.63) is 106 Å². The molecule has 2 N–H and O–H groups in total. The number of nitro benzene ring substituents is 1. The molecule has 2 amide bonds. The van der Waals surface area contributed by atoms with Crippen LogP contribution in [-0.4, -0.2) is 34.2 Å². The minimum atomic E-state index is -0.774. The lowest BCUT2D eigenvalue weighted by atomic mass is 9.97. The van der Waals surface area contributed by atoms with Gasteiger partial charge in [-0.15, -0.1) is 0 Å². The number of hydrogen-bond acceptors (Lipinski definition) is 7. The Morgan fingerprint density at radius 3 is 2.33 bits per heavy atom. The summed E-state index contributed by atoms with van der Waals surface area (Å²) in [7, 11) is 0. The van der Waals surface area contributed by atoms with Crippen LogP contribution in [0.4, 0.5) is 27.5 Å². The van der Waals surface area contributed by atoms with Gasteiger partial charge in [0.1, 0.15) is 11.2 Å². The SMILES string of the molecule is CC(C)(C)OC(=O)N(c1ccccc1)c1cc(NC(=O)c2cc3cc([N+](=O)[O-])ccc3o2)c(CCO)c2ccccc12. The van der Waals surface area contributed by atoms with Gasteiger partial charge >= 0.3 is 6.09 Å². The van der Waals surface area contributed by atoms with Gasteiger partial charge in [-0.25, -0.2) is 9.69 Å². The number of aliphatic hydroxyl groups excluding tert-OH is 1. The average Bonchev–Trinajstić information content (AvgIpc) is 3.38. The topological polar surface area (TPSA) is 135 Å². The van der Waals surface area contributed by atoms with Gasteiger partial charge in [0, 0.05) is 35.2 Å². The maximum Gasteiger partial charge on any atom is 0.419 e. The van der Waals surface area contributed by atoms with E-state index in [1.54, 1.807) is 39.0 Å². The smallest absolute Gasteiger partial charge is 0.419 e. The first-order valence-electron chi connectivity index (χ1n) is 13.3. The molecule has 214 valence electrons. The molecule has 0 saturated carbocycles. The summed E-state index contributed by atoms with van der Waals surface area (Å²) in [6.07, 6.45) is -0.384. The molecule has 0 atom stereocenters. The Morgan fingerprint density at radius 2 is 1.67 bits per heavy atom. The van der Waals surface area contributed by atoms with Crippen molar-refractivity contribution in [3.63, 3.8) is 0 Å². The van der Waals surface area contributed by atoms with Crippen LogP contribution in [0.25, 0.3) is 21.7 Å². The number of nitrogens with zero attached hydrogens (tertiary/aromatic N) is 2. The average molecular weight is 568 g/mol. The van der Waals surface area contributed by atoms with Crippen molar-refractivity contribution in [2.45, 2.75) is 32.8 Å². The van der Waals surface area contributed by atoms with E-state index in [2.05, 4.69) is 5.32 Å². The highest BCUT2D eigenvalue weighted by Crippen LogP contribution is 2.40. The number of nitrogens with one attached hydrogen (secondary N) is 1. The maximum atomic E-state index is 13.7. The van der Waals surface area contributed by atoms with E-state index in [0.717, 1.165) is 5.39 Å². The van der Waals surface area contributed by atoms with E-state index in [1.165, 1.54) is 29.2 Å². The number of anilines is 3. The predicted molar refractivity (Wildman–Crippen MR) is 160 cm³/mol. The molecule has 1 heterocycles. The molecule has 0 radical (unpaired) electrons. The molecule has 0 aliphatic heterocycles. The lowest BCUT2D eigenvalue weighted by Gasteiger charge is -2.29. The molecule has 0 saturated heterocycles. The van der Waals surface area contributed by atoms with Crippen LogP contribution in [0.2, 0.25) is 0 Å². The second-order valence-electron chi connectivity index (χ2n) is 10.6. The van der Waals surface area contributed by atoms with E-state index in [1.807, 2.05) is 42.5 Å². The van der Waals surface area contributed by atoms with Gasteiger partial charge in [0.25, 0.3) is 11.6 Å². The number of rotatable bonds is 7. The molecule has 0 aliphatic carbocycles. The van der Waals surface area contributed by atoms with Crippen molar-refractivity contribution in [2.24, 2.45) is 0 Å². The second-order valence-corrected chi connectivity index (χ2v) is 10.6. The van der Waals surface area contributed by atoms with Crippen LogP contribution >= 0.6 is 0 Å². The molecule has 10 heteroatoms. The molecule has 0 bridgehead atoms.